The smallest absolute Gasteiger partial charge is 0.306 e. The van der Waals surface area contributed by atoms with E-state index in [0.717, 1.165) is 75.5 Å². The van der Waals surface area contributed by atoms with Gasteiger partial charge < -0.3 is 14.2 Å². The van der Waals surface area contributed by atoms with E-state index in [1.165, 1.54) is 257 Å². The highest BCUT2D eigenvalue weighted by Gasteiger charge is 2.20. The molecule has 0 amide bonds. The number of ether oxygens (including phenoxy) is 3. The van der Waals surface area contributed by atoms with Gasteiger partial charge in [-0.15, -0.1) is 0 Å². The van der Waals surface area contributed by atoms with Gasteiger partial charge in [-0.2, -0.15) is 0 Å². The summed E-state index contributed by atoms with van der Waals surface area (Å²) in [5.41, 5.74) is 0. The van der Waals surface area contributed by atoms with Crippen LogP contribution < -0.4 is 0 Å². The Kier molecular flexibility index (Phi) is 56.8. The Balaban J connectivity index is 4.27. The summed E-state index contributed by atoms with van der Waals surface area (Å²) >= 11 is 0. The first kappa shape index (κ1) is 71.4. The molecule has 0 rings (SSSR count). The van der Waals surface area contributed by atoms with Crippen LogP contribution >= 0.6 is 0 Å². The first-order valence-electron chi connectivity index (χ1n) is 33.2. The van der Waals surface area contributed by atoms with Crippen molar-refractivity contribution in [3.8, 4) is 0 Å². The van der Waals surface area contributed by atoms with Crippen molar-refractivity contribution in [2.24, 2.45) is 17.8 Å². The van der Waals surface area contributed by atoms with E-state index >= 15 is 0 Å². The SMILES string of the molecule is CCC(C)CCCCCCCCCCCCCCCCCCCCC(=O)OC[C@H](COC(=O)CCCCCCCCCCCCCCC(C)C)OC(=O)CCCCCCCCCCCCCCCCC(C)CC. The Morgan fingerprint density at radius 1 is 0.274 bits per heavy atom. The summed E-state index contributed by atoms with van der Waals surface area (Å²) < 4.78 is 17.0. The van der Waals surface area contributed by atoms with Gasteiger partial charge in [-0.05, 0) is 37.0 Å². The summed E-state index contributed by atoms with van der Waals surface area (Å²) in [7, 11) is 0. The quantitative estimate of drug-likeness (QED) is 0.0343. The number of unbranched alkanes of at least 4 members (excludes halogenated alkanes) is 41. The summed E-state index contributed by atoms with van der Waals surface area (Å²) in [6.45, 7) is 13.9. The molecule has 0 aliphatic carbocycles. The molecule has 0 spiro atoms. The molecule has 0 N–H and O–H groups in total. The average molecular weight is 1030 g/mol. The highest BCUT2D eigenvalue weighted by Crippen LogP contribution is 2.20. The van der Waals surface area contributed by atoms with Gasteiger partial charge in [0.25, 0.3) is 0 Å². The summed E-state index contributed by atoms with van der Waals surface area (Å²) in [5, 5.41) is 0. The number of esters is 3. The predicted molar refractivity (Wildman–Crippen MR) is 316 cm³/mol. The monoisotopic (exact) mass is 1030 g/mol. The van der Waals surface area contributed by atoms with E-state index < -0.39 is 6.10 Å². The van der Waals surface area contributed by atoms with Crippen molar-refractivity contribution in [3.63, 3.8) is 0 Å². The Labute approximate surface area is 457 Å². The molecule has 0 heterocycles. The van der Waals surface area contributed by atoms with Crippen molar-refractivity contribution in [1.82, 2.24) is 0 Å². The average Bonchev–Trinajstić information content (AvgIpc) is 3.38. The zero-order chi connectivity index (χ0) is 53.3. The van der Waals surface area contributed by atoms with Gasteiger partial charge in [0, 0.05) is 19.3 Å². The maximum Gasteiger partial charge on any atom is 0.306 e. The van der Waals surface area contributed by atoms with E-state index in [9.17, 15) is 14.4 Å². The maximum atomic E-state index is 12.9. The van der Waals surface area contributed by atoms with E-state index in [-0.39, 0.29) is 31.1 Å². The lowest BCUT2D eigenvalue weighted by molar-refractivity contribution is -0.167. The predicted octanol–water partition coefficient (Wildman–Crippen LogP) is 22.2. The van der Waals surface area contributed by atoms with Gasteiger partial charge in [-0.3, -0.25) is 14.4 Å². The third-order valence-corrected chi connectivity index (χ3v) is 16.1. The molecule has 0 aliphatic heterocycles. The van der Waals surface area contributed by atoms with E-state index in [2.05, 4.69) is 41.5 Å². The number of rotatable bonds is 60. The zero-order valence-electron chi connectivity index (χ0n) is 50.4. The number of hydrogen-bond acceptors (Lipinski definition) is 6. The van der Waals surface area contributed by atoms with Gasteiger partial charge in [0.15, 0.2) is 6.10 Å². The molecule has 0 radical (unpaired) electrons. The summed E-state index contributed by atoms with van der Waals surface area (Å²) in [4.78, 5) is 38.4. The van der Waals surface area contributed by atoms with Crippen LogP contribution in [0.5, 0.6) is 0 Å². The lowest BCUT2D eigenvalue weighted by Crippen LogP contribution is -2.30. The molecule has 6 nitrogen and oxygen atoms in total. The minimum atomic E-state index is -0.765. The van der Waals surface area contributed by atoms with Crippen molar-refractivity contribution in [1.29, 1.82) is 0 Å². The van der Waals surface area contributed by atoms with Gasteiger partial charge in [0.1, 0.15) is 13.2 Å². The Morgan fingerprint density at radius 3 is 0.712 bits per heavy atom. The van der Waals surface area contributed by atoms with Crippen molar-refractivity contribution in [2.45, 2.75) is 382 Å². The molecule has 0 aromatic heterocycles. The first-order chi connectivity index (χ1) is 35.7. The minimum absolute atomic E-state index is 0.0624. The largest absolute Gasteiger partial charge is 0.462 e. The molecular formula is C67H130O6. The molecular weight excluding hydrogens is 901 g/mol. The number of carbonyl (C=O) groups is 3. The summed E-state index contributed by atoms with van der Waals surface area (Å²) in [6.07, 6.45) is 63.8. The fraction of sp³-hybridized carbons (Fsp3) is 0.955. The van der Waals surface area contributed by atoms with E-state index in [4.69, 9.17) is 14.2 Å². The third-order valence-electron chi connectivity index (χ3n) is 16.1. The van der Waals surface area contributed by atoms with E-state index in [1.54, 1.807) is 0 Å². The molecule has 0 aromatic carbocycles. The second kappa shape index (κ2) is 58.1. The van der Waals surface area contributed by atoms with Crippen LogP contribution in [-0.2, 0) is 28.6 Å². The normalized spacial score (nSPS) is 12.9. The minimum Gasteiger partial charge on any atom is -0.462 e. The first-order valence-corrected chi connectivity index (χ1v) is 33.2. The summed E-state index contributed by atoms with van der Waals surface area (Å²) in [5.74, 6) is 1.80. The van der Waals surface area contributed by atoms with Gasteiger partial charge in [0.2, 0.25) is 0 Å². The van der Waals surface area contributed by atoms with Crippen LogP contribution in [0.4, 0.5) is 0 Å². The fourth-order valence-electron chi connectivity index (χ4n) is 10.3. The second-order valence-electron chi connectivity index (χ2n) is 24.1. The van der Waals surface area contributed by atoms with Gasteiger partial charge in [-0.25, -0.2) is 0 Å². The van der Waals surface area contributed by atoms with Crippen LogP contribution in [0.15, 0.2) is 0 Å². The highest BCUT2D eigenvalue weighted by molar-refractivity contribution is 5.71. The molecule has 0 saturated heterocycles. The molecule has 0 bridgehead atoms. The zero-order valence-corrected chi connectivity index (χ0v) is 50.4. The van der Waals surface area contributed by atoms with Crippen LogP contribution in [0.2, 0.25) is 0 Å². The van der Waals surface area contributed by atoms with Crippen LogP contribution in [0.3, 0.4) is 0 Å². The summed E-state index contributed by atoms with van der Waals surface area (Å²) in [6, 6.07) is 0. The molecule has 73 heavy (non-hydrogen) atoms. The van der Waals surface area contributed by atoms with Crippen LogP contribution in [0, 0.1) is 17.8 Å². The molecule has 0 aliphatic rings. The lowest BCUT2D eigenvalue weighted by atomic mass is 9.99. The molecule has 0 aromatic rings. The molecule has 434 valence electrons. The maximum absolute atomic E-state index is 12.9. The van der Waals surface area contributed by atoms with Gasteiger partial charge >= 0.3 is 17.9 Å². The Bertz CT molecular complexity index is 1140. The van der Waals surface area contributed by atoms with Gasteiger partial charge in [-0.1, -0.05) is 337 Å². The molecule has 0 fully saturated rings. The lowest BCUT2D eigenvalue weighted by Gasteiger charge is -2.18. The van der Waals surface area contributed by atoms with Crippen molar-refractivity contribution in [3.05, 3.63) is 0 Å². The second-order valence-corrected chi connectivity index (χ2v) is 24.1. The van der Waals surface area contributed by atoms with Crippen molar-refractivity contribution in [2.75, 3.05) is 13.2 Å². The number of carbonyl (C=O) groups excluding carboxylic acids is 3. The van der Waals surface area contributed by atoms with Crippen LogP contribution in [-0.4, -0.2) is 37.2 Å². The fourth-order valence-corrected chi connectivity index (χ4v) is 10.3. The van der Waals surface area contributed by atoms with Gasteiger partial charge in [0.05, 0.1) is 0 Å². The molecule has 6 heteroatoms. The van der Waals surface area contributed by atoms with Crippen molar-refractivity contribution < 1.29 is 28.6 Å². The van der Waals surface area contributed by atoms with E-state index in [0.29, 0.717) is 19.3 Å². The van der Waals surface area contributed by atoms with E-state index in [1.807, 2.05) is 0 Å². The topological polar surface area (TPSA) is 78.9 Å². The third kappa shape index (κ3) is 57.9. The van der Waals surface area contributed by atoms with Crippen LogP contribution in [0.25, 0.3) is 0 Å². The van der Waals surface area contributed by atoms with Crippen LogP contribution in [0.1, 0.15) is 375 Å². The highest BCUT2D eigenvalue weighted by atomic mass is 16.6. The standard InChI is InChI=1S/C67H130O6/c1-7-62(5)54-48-42-36-30-24-17-13-11-9-10-12-14-19-26-32-38-44-50-56-65(68)71-59-64(60-72-66(69)57-51-45-39-33-27-22-21-23-29-35-41-47-53-61(3)4)73-67(70)58-52-46-40-34-28-20-16-15-18-25-31-37-43-49-55-63(6)8-2/h61-64H,7-60H2,1-6H3/t62?,63?,64-/m1/s1. The molecule has 0 saturated carbocycles. The number of hydrogen-bond donors (Lipinski definition) is 0. The molecule has 2 unspecified atom stereocenters. The van der Waals surface area contributed by atoms with Crippen molar-refractivity contribution >= 4 is 17.9 Å². The Morgan fingerprint density at radius 2 is 0.479 bits per heavy atom. The molecule has 3 atom stereocenters. The Hall–Kier alpha value is -1.59.